The van der Waals surface area contributed by atoms with Crippen LogP contribution >= 0.6 is 0 Å². The van der Waals surface area contributed by atoms with Crippen LogP contribution in [0.15, 0.2) is 10.6 Å². The van der Waals surface area contributed by atoms with Gasteiger partial charge in [0, 0.05) is 12.6 Å². The molecule has 4 nitrogen and oxygen atoms in total. The van der Waals surface area contributed by atoms with Crippen molar-refractivity contribution in [3.05, 3.63) is 17.5 Å². The first-order valence-corrected chi connectivity index (χ1v) is 5.57. The number of aromatic nitrogens is 1. The molecule has 0 amide bonds. The summed E-state index contributed by atoms with van der Waals surface area (Å²) in [6.07, 6.45) is 1.29. The third-order valence-electron chi connectivity index (χ3n) is 2.92. The van der Waals surface area contributed by atoms with Crippen molar-refractivity contribution in [2.45, 2.75) is 19.9 Å². The molecule has 4 heteroatoms. The van der Waals surface area contributed by atoms with E-state index in [-0.39, 0.29) is 0 Å². The minimum Gasteiger partial charge on any atom is -0.360 e. The van der Waals surface area contributed by atoms with Crippen molar-refractivity contribution in [3.63, 3.8) is 0 Å². The molecule has 1 N–H and O–H groups in total. The van der Waals surface area contributed by atoms with Crippen LogP contribution in [0.5, 0.6) is 0 Å². The van der Waals surface area contributed by atoms with Gasteiger partial charge in [0.15, 0.2) is 5.76 Å². The Bertz CT molecular complexity index is 311. The van der Waals surface area contributed by atoms with Crippen LogP contribution in [0.1, 0.15) is 17.9 Å². The summed E-state index contributed by atoms with van der Waals surface area (Å²) in [7, 11) is 2.02. The Morgan fingerprint density at radius 1 is 1.67 bits per heavy atom. The van der Waals surface area contributed by atoms with Crippen LogP contribution in [0.3, 0.4) is 0 Å². The highest BCUT2D eigenvalue weighted by Gasteiger charge is 2.22. The minimum absolute atomic E-state index is 0.791. The van der Waals surface area contributed by atoms with E-state index in [1.807, 2.05) is 20.0 Å². The molecule has 0 spiro atoms. The maximum absolute atomic E-state index is 5.21. The SMILES string of the molecule is CNCC1CCN(Cc2cc(C)no2)C1. The van der Waals surface area contributed by atoms with E-state index in [1.54, 1.807) is 0 Å². The molecule has 2 heterocycles. The van der Waals surface area contributed by atoms with E-state index in [4.69, 9.17) is 4.52 Å². The number of rotatable bonds is 4. The van der Waals surface area contributed by atoms with Crippen LogP contribution in [-0.4, -0.2) is 36.7 Å². The summed E-state index contributed by atoms with van der Waals surface area (Å²) in [6.45, 7) is 6.32. The van der Waals surface area contributed by atoms with Crippen LogP contribution in [0.25, 0.3) is 0 Å². The smallest absolute Gasteiger partial charge is 0.150 e. The standard InChI is InChI=1S/C11H19N3O/c1-9-5-11(15-13-9)8-14-4-3-10(7-14)6-12-2/h5,10,12H,3-4,6-8H2,1-2H3. The fourth-order valence-corrected chi connectivity index (χ4v) is 2.22. The van der Waals surface area contributed by atoms with Gasteiger partial charge in [-0.3, -0.25) is 4.90 Å². The van der Waals surface area contributed by atoms with E-state index in [0.29, 0.717) is 0 Å². The molecule has 1 fully saturated rings. The predicted octanol–water partition coefficient (Wildman–Crippen LogP) is 1.02. The summed E-state index contributed by atoms with van der Waals surface area (Å²) in [5.74, 6) is 1.77. The second-order valence-corrected chi connectivity index (χ2v) is 4.38. The molecule has 0 aromatic carbocycles. The van der Waals surface area contributed by atoms with Gasteiger partial charge in [0.2, 0.25) is 0 Å². The molecule has 1 saturated heterocycles. The average Bonchev–Trinajstić information content (AvgIpc) is 2.78. The number of hydrogen-bond donors (Lipinski definition) is 1. The molecular weight excluding hydrogens is 190 g/mol. The fraction of sp³-hybridized carbons (Fsp3) is 0.727. The zero-order valence-corrected chi connectivity index (χ0v) is 9.49. The highest BCUT2D eigenvalue weighted by atomic mass is 16.5. The van der Waals surface area contributed by atoms with Gasteiger partial charge in [-0.05, 0) is 39.4 Å². The van der Waals surface area contributed by atoms with Gasteiger partial charge in [-0.1, -0.05) is 5.16 Å². The number of nitrogens with zero attached hydrogens (tertiary/aromatic N) is 2. The van der Waals surface area contributed by atoms with Crippen molar-refractivity contribution in [2.75, 3.05) is 26.7 Å². The zero-order valence-electron chi connectivity index (χ0n) is 9.49. The quantitative estimate of drug-likeness (QED) is 0.804. The van der Waals surface area contributed by atoms with E-state index in [1.165, 1.54) is 19.5 Å². The minimum atomic E-state index is 0.791. The van der Waals surface area contributed by atoms with Gasteiger partial charge in [-0.2, -0.15) is 0 Å². The maximum Gasteiger partial charge on any atom is 0.150 e. The first-order valence-electron chi connectivity index (χ1n) is 5.57. The van der Waals surface area contributed by atoms with Gasteiger partial charge in [0.1, 0.15) is 0 Å². The number of aryl methyl sites for hydroxylation is 1. The predicted molar refractivity (Wildman–Crippen MR) is 58.6 cm³/mol. The van der Waals surface area contributed by atoms with Gasteiger partial charge < -0.3 is 9.84 Å². The topological polar surface area (TPSA) is 41.3 Å². The lowest BCUT2D eigenvalue weighted by Gasteiger charge is -2.13. The Labute approximate surface area is 90.6 Å². The highest BCUT2D eigenvalue weighted by molar-refractivity contribution is 5.03. The molecule has 1 aromatic rings. The normalized spacial score (nSPS) is 22.4. The highest BCUT2D eigenvalue weighted by Crippen LogP contribution is 2.18. The molecular formula is C11H19N3O. The first kappa shape index (κ1) is 10.6. The van der Waals surface area contributed by atoms with Gasteiger partial charge in [0.25, 0.3) is 0 Å². The molecule has 15 heavy (non-hydrogen) atoms. The second kappa shape index (κ2) is 4.77. The molecule has 1 atom stereocenters. The molecule has 1 aliphatic heterocycles. The van der Waals surface area contributed by atoms with Crippen molar-refractivity contribution in [3.8, 4) is 0 Å². The van der Waals surface area contributed by atoms with Gasteiger partial charge in [0.05, 0.1) is 12.2 Å². The van der Waals surface area contributed by atoms with Crippen LogP contribution in [0.4, 0.5) is 0 Å². The third-order valence-corrected chi connectivity index (χ3v) is 2.92. The number of hydrogen-bond acceptors (Lipinski definition) is 4. The molecule has 1 unspecified atom stereocenters. The van der Waals surface area contributed by atoms with Crippen molar-refractivity contribution in [1.82, 2.24) is 15.4 Å². The Morgan fingerprint density at radius 3 is 3.20 bits per heavy atom. The van der Waals surface area contributed by atoms with Crippen molar-refractivity contribution in [2.24, 2.45) is 5.92 Å². The summed E-state index contributed by atoms with van der Waals surface area (Å²) < 4.78 is 5.21. The lowest BCUT2D eigenvalue weighted by atomic mass is 10.1. The Morgan fingerprint density at radius 2 is 2.53 bits per heavy atom. The number of nitrogens with one attached hydrogen (secondary N) is 1. The summed E-state index contributed by atoms with van der Waals surface area (Å²) in [6, 6.07) is 2.02. The van der Waals surface area contributed by atoms with Crippen molar-refractivity contribution in [1.29, 1.82) is 0 Å². The third kappa shape index (κ3) is 2.79. The molecule has 0 aliphatic carbocycles. The van der Waals surface area contributed by atoms with E-state index < -0.39 is 0 Å². The Hall–Kier alpha value is -0.870. The van der Waals surface area contributed by atoms with Gasteiger partial charge >= 0.3 is 0 Å². The van der Waals surface area contributed by atoms with E-state index in [2.05, 4.69) is 15.4 Å². The van der Waals surface area contributed by atoms with Gasteiger partial charge in [-0.25, -0.2) is 0 Å². The maximum atomic E-state index is 5.21. The lowest BCUT2D eigenvalue weighted by Crippen LogP contribution is -2.24. The second-order valence-electron chi connectivity index (χ2n) is 4.38. The fourth-order valence-electron chi connectivity index (χ4n) is 2.22. The average molecular weight is 209 g/mol. The van der Waals surface area contributed by atoms with E-state index in [9.17, 15) is 0 Å². The molecule has 1 aliphatic rings. The van der Waals surface area contributed by atoms with Crippen LogP contribution in [0, 0.1) is 12.8 Å². The van der Waals surface area contributed by atoms with E-state index >= 15 is 0 Å². The summed E-state index contributed by atoms with van der Waals surface area (Å²) in [4.78, 5) is 2.43. The van der Waals surface area contributed by atoms with Crippen LogP contribution < -0.4 is 5.32 Å². The molecule has 84 valence electrons. The molecule has 0 bridgehead atoms. The Balaban J connectivity index is 1.82. The van der Waals surface area contributed by atoms with E-state index in [0.717, 1.165) is 30.5 Å². The molecule has 0 radical (unpaired) electrons. The van der Waals surface area contributed by atoms with Crippen molar-refractivity contribution < 1.29 is 4.52 Å². The summed E-state index contributed by atoms with van der Waals surface area (Å²) >= 11 is 0. The van der Waals surface area contributed by atoms with Gasteiger partial charge in [-0.15, -0.1) is 0 Å². The molecule has 0 saturated carbocycles. The largest absolute Gasteiger partial charge is 0.360 e. The summed E-state index contributed by atoms with van der Waals surface area (Å²) in [5, 5.41) is 7.14. The first-order chi connectivity index (χ1) is 7.28. The van der Waals surface area contributed by atoms with Crippen LogP contribution in [-0.2, 0) is 6.54 Å². The summed E-state index contributed by atoms with van der Waals surface area (Å²) in [5.41, 5.74) is 0.968. The molecule has 2 rings (SSSR count). The lowest BCUT2D eigenvalue weighted by molar-refractivity contribution is 0.265. The van der Waals surface area contributed by atoms with Crippen LogP contribution in [0.2, 0.25) is 0 Å². The number of likely N-dealkylation sites (tertiary alicyclic amines) is 1. The molecule has 1 aromatic heterocycles. The zero-order chi connectivity index (χ0) is 10.7. The Kier molecular flexibility index (Phi) is 3.38. The van der Waals surface area contributed by atoms with Crippen molar-refractivity contribution >= 4 is 0 Å². The monoisotopic (exact) mass is 209 g/mol.